The summed E-state index contributed by atoms with van der Waals surface area (Å²) < 4.78 is 43.8. The van der Waals surface area contributed by atoms with Gasteiger partial charge >= 0.3 is 35.8 Å². The van der Waals surface area contributed by atoms with Crippen molar-refractivity contribution < 1.29 is 67.0 Å². The molecule has 0 unspecified atom stereocenters. The summed E-state index contributed by atoms with van der Waals surface area (Å²) in [5.41, 5.74) is -6.40. The number of hydrogen-bond acceptors (Lipinski definition) is 14. The zero-order chi connectivity index (χ0) is 41.0. The van der Waals surface area contributed by atoms with E-state index in [0.29, 0.717) is 5.57 Å². The first-order chi connectivity index (χ1) is 26.3. The number of rotatable bonds is 9. The first-order valence-electron chi connectivity index (χ1n) is 18.6. The van der Waals surface area contributed by atoms with Crippen LogP contribution in [0.2, 0.25) is 0 Å². The molecule has 0 aromatic heterocycles. The Morgan fingerprint density at radius 2 is 1.25 bits per heavy atom. The van der Waals surface area contributed by atoms with Crippen molar-refractivity contribution in [3.63, 3.8) is 0 Å². The molecule has 1 N–H and O–H groups in total. The highest BCUT2D eigenvalue weighted by Gasteiger charge is 2.81. The molecule has 0 spiro atoms. The van der Waals surface area contributed by atoms with Gasteiger partial charge in [0.2, 0.25) is 0 Å². The van der Waals surface area contributed by atoms with Gasteiger partial charge in [0.05, 0.1) is 40.1 Å². The van der Waals surface area contributed by atoms with Crippen molar-refractivity contribution in [3.05, 3.63) is 82.9 Å². The van der Waals surface area contributed by atoms with Gasteiger partial charge in [0.15, 0.2) is 17.8 Å². The van der Waals surface area contributed by atoms with E-state index < -0.39 is 100 Å². The fourth-order valence-corrected chi connectivity index (χ4v) is 9.86. The summed E-state index contributed by atoms with van der Waals surface area (Å²) in [6, 6.07) is 16.1. The van der Waals surface area contributed by atoms with Gasteiger partial charge in [0, 0.05) is 40.5 Å². The van der Waals surface area contributed by atoms with E-state index in [1.807, 2.05) is 0 Å². The Morgan fingerprint density at radius 1 is 0.732 bits per heavy atom. The number of carbonyl (C=O) groups is 6. The van der Waals surface area contributed by atoms with Crippen LogP contribution in [-0.2, 0) is 52.3 Å². The van der Waals surface area contributed by atoms with Gasteiger partial charge < -0.3 is 38.3 Å². The Balaban J connectivity index is 1.77. The number of ether oxygens (including phenoxy) is 7. The highest BCUT2D eigenvalue weighted by Crippen LogP contribution is 2.69. The number of esters is 6. The van der Waals surface area contributed by atoms with Gasteiger partial charge in [-0.05, 0) is 56.2 Å². The number of aliphatic hydroxyl groups is 1. The molecule has 2 aromatic carbocycles. The second-order valence-corrected chi connectivity index (χ2v) is 15.9. The van der Waals surface area contributed by atoms with Crippen LogP contribution in [0.25, 0.3) is 0 Å². The summed E-state index contributed by atoms with van der Waals surface area (Å²) >= 11 is 0. The first kappa shape index (κ1) is 40.6. The van der Waals surface area contributed by atoms with E-state index in [0.717, 1.165) is 6.92 Å². The first-order valence-corrected chi connectivity index (χ1v) is 18.6. The molecule has 0 bridgehead atoms. The molecule has 1 heterocycles. The largest absolute Gasteiger partial charge is 0.462 e. The summed E-state index contributed by atoms with van der Waals surface area (Å²) in [6.45, 7) is 10.8. The summed E-state index contributed by atoms with van der Waals surface area (Å²) in [6.07, 6.45) is -8.25. The molecular formula is C42H48O14. The van der Waals surface area contributed by atoms with Crippen molar-refractivity contribution in [3.8, 4) is 0 Å². The van der Waals surface area contributed by atoms with Gasteiger partial charge in [-0.2, -0.15) is 0 Å². The minimum absolute atomic E-state index is 0.0744. The van der Waals surface area contributed by atoms with E-state index in [1.165, 1.54) is 46.8 Å². The average molecular weight is 777 g/mol. The summed E-state index contributed by atoms with van der Waals surface area (Å²) in [5, 5.41) is 12.7. The minimum Gasteiger partial charge on any atom is -0.462 e. The van der Waals surface area contributed by atoms with E-state index in [9.17, 15) is 33.9 Å². The Hall–Kier alpha value is -5.08. The van der Waals surface area contributed by atoms with Crippen LogP contribution in [-0.4, -0.2) is 95.4 Å². The molecule has 4 aliphatic rings. The minimum atomic E-state index is -1.93. The molecular weight excluding hydrogens is 728 g/mol. The zero-order valence-electron chi connectivity index (χ0n) is 32.7. The van der Waals surface area contributed by atoms with Crippen LogP contribution < -0.4 is 0 Å². The second-order valence-electron chi connectivity index (χ2n) is 15.9. The molecule has 10 atom stereocenters. The maximum absolute atomic E-state index is 14.5. The van der Waals surface area contributed by atoms with E-state index in [-0.39, 0.29) is 36.1 Å². The average Bonchev–Trinajstić information content (AvgIpc) is 3.37. The molecule has 1 saturated heterocycles. The lowest BCUT2D eigenvalue weighted by atomic mass is 9.49. The zero-order valence-corrected chi connectivity index (χ0v) is 32.7. The van der Waals surface area contributed by atoms with Crippen LogP contribution in [0.4, 0.5) is 0 Å². The highest BCUT2D eigenvalue weighted by molar-refractivity contribution is 5.90. The van der Waals surface area contributed by atoms with Crippen LogP contribution in [0.3, 0.4) is 0 Å². The molecule has 6 rings (SSSR count). The highest BCUT2D eigenvalue weighted by atomic mass is 16.6. The maximum atomic E-state index is 14.5. The maximum Gasteiger partial charge on any atom is 0.338 e. The molecule has 2 saturated carbocycles. The van der Waals surface area contributed by atoms with Crippen LogP contribution in [0.1, 0.15) is 88.9 Å². The predicted molar refractivity (Wildman–Crippen MR) is 194 cm³/mol. The number of benzene rings is 2. The van der Waals surface area contributed by atoms with Gasteiger partial charge in [-0.1, -0.05) is 43.3 Å². The fourth-order valence-electron chi connectivity index (χ4n) is 9.86. The molecule has 56 heavy (non-hydrogen) atoms. The monoisotopic (exact) mass is 776 g/mol. The lowest BCUT2D eigenvalue weighted by Gasteiger charge is -2.65. The van der Waals surface area contributed by atoms with Crippen LogP contribution in [0.5, 0.6) is 0 Å². The third-order valence-electron chi connectivity index (χ3n) is 12.1. The van der Waals surface area contributed by atoms with Crippen LogP contribution >= 0.6 is 0 Å². The molecule has 3 aliphatic carbocycles. The van der Waals surface area contributed by atoms with E-state index in [4.69, 9.17) is 33.2 Å². The Bertz CT molecular complexity index is 1930. The van der Waals surface area contributed by atoms with Crippen molar-refractivity contribution >= 4 is 35.8 Å². The molecule has 0 amide bonds. The lowest BCUT2D eigenvalue weighted by molar-refractivity contribution is -0.351. The molecule has 14 heteroatoms. The third kappa shape index (κ3) is 6.66. The quantitative estimate of drug-likeness (QED) is 0.214. The van der Waals surface area contributed by atoms with E-state index in [1.54, 1.807) is 62.4 Å². The van der Waals surface area contributed by atoms with Gasteiger partial charge in [-0.3, -0.25) is 19.2 Å². The van der Waals surface area contributed by atoms with Crippen molar-refractivity contribution in [1.82, 2.24) is 0 Å². The van der Waals surface area contributed by atoms with Crippen LogP contribution in [0, 0.1) is 16.7 Å². The fraction of sp³-hybridized carbons (Fsp3) is 0.524. The summed E-state index contributed by atoms with van der Waals surface area (Å²) in [7, 11) is 0. The lowest BCUT2D eigenvalue weighted by Crippen LogP contribution is -2.79. The predicted octanol–water partition coefficient (Wildman–Crippen LogP) is 4.45. The van der Waals surface area contributed by atoms with Gasteiger partial charge in [-0.15, -0.1) is 0 Å². The number of fused-ring (bicyclic) bond motifs is 4. The molecule has 14 nitrogen and oxygen atoms in total. The normalized spacial score (nSPS) is 33.2. The Labute approximate surface area is 324 Å². The van der Waals surface area contributed by atoms with Gasteiger partial charge in [-0.25, -0.2) is 9.59 Å². The molecule has 3 fully saturated rings. The molecule has 1 aliphatic heterocycles. The van der Waals surface area contributed by atoms with E-state index >= 15 is 0 Å². The number of hydrogen-bond donors (Lipinski definition) is 1. The van der Waals surface area contributed by atoms with Crippen molar-refractivity contribution in [2.24, 2.45) is 16.7 Å². The SMILES string of the molecule is CC(=O)O[C@H]1C[C@]2(C(C)(C)O)C(=C1C)[C@@H](OC(C)=O)[C@H](OC(=O)c1ccccc1)[C@]1(C)[C@@H](OC(C)=O)C[C@H]3OC[C@@]3(OC(C)=O)[C@@H]1[C@@H]2OC(=O)c1ccccc1. The van der Waals surface area contributed by atoms with Gasteiger partial charge in [0.25, 0.3) is 0 Å². The summed E-state index contributed by atoms with van der Waals surface area (Å²) in [4.78, 5) is 81.1. The molecule has 300 valence electrons. The van der Waals surface area contributed by atoms with Crippen molar-refractivity contribution in [1.29, 1.82) is 0 Å². The van der Waals surface area contributed by atoms with E-state index in [2.05, 4.69) is 0 Å². The van der Waals surface area contributed by atoms with Gasteiger partial charge in [0.1, 0.15) is 24.4 Å². The molecule has 2 aromatic rings. The second kappa shape index (κ2) is 14.8. The Kier molecular flexibility index (Phi) is 10.7. The van der Waals surface area contributed by atoms with Crippen LogP contribution in [0.15, 0.2) is 71.8 Å². The third-order valence-corrected chi connectivity index (χ3v) is 12.1. The number of carbonyl (C=O) groups excluding carboxylic acids is 6. The standard InChI is InChI=1S/C42H48O14/c1-22-29(51-23(2)43)20-41(39(6,7)49)32(22)33(53-25(4)45)35(54-37(47)27-15-11-9-12-16-27)40(8)30(52-24(3)44)19-31-42(21-50-31,56-26(5)46)34(40)36(41)55-38(48)28-17-13-10-14-18-28/h9-18,29-31,33-36,49H,19-21H2,1-8H3/t29-,30-,31+,33+,34+,35-,36-,40+,41-,42-/m0/s1. The van der Waals surface area contributed by atoms with Crippen molar-refractivity contribution in [2.75, 3.05) is 6.61 Å². The smallest absolute Gasteiger partial charge is 0.338 e. The van der Waals surface area contributed by atoms with Crippen molar-refractivity contribution in [2.45, 2.75) is 116 Å². The summed E-state index contributed by atoms with van der Waals surface area (Å²) in [5.74, 6) is -5.90. The Morgan fingerprint density at radius 3 is 1.70 bits per heavy atom. The molecule has 0 radical (unpaired) electrons. The topological polar surface area (TPSA) is 187 Å².